The highest BCUT2D eigenvalue weighted by Crippen LogP contribution is 2.21. The van der Waals surface area contributed by atoms with Gasteiger partial charge in [0.05, 0.1) is 23.2 Å². The highest BCUT2D eigenvalue weighted by atomic mass is 16.2. The van der Waals surface area contributed by atoms with Crippen molar-refractivity contribution in [3.05, 3.63) is 24.3 Å². The van der Waals surface area contributed by atoms with Gasteiger partial charge in [0.15, 0.2) is 11.6 Å². The second-order valence-electron chi connectivity index (χ2n) is 4.18. The van der Waals surface area contributed by atoms with Crippen molar-refractivity contribution >= 4 is 34.5 Å². The molecule has 0 saturated heterocycles. The van der Waals surface area contributed by atoms with E-state index >= 15 is 0 Å². The minimum atomic E-state index is -0.567. The number of nitrogens with one attached hydrogen (secondary N) is 2. The number of carbonyl (C=O) groups excluding carboxylic acids is 2. The standard InChI is InChI=1S/C14H10N6O2/c15-7-5-11(21)19-13-14(20-12(22)6-8-16)18-10-4-2-1-3-9(10)17-13/h1-4H,5-6H2,(H,17,19,21)(H,18,20,22). The van der Waals surface area contributed by atoms with Crippen LogP contribution < -0.4 is 10.6 Å². The Bertz CT molecular complexity index is 750. The van der Waals surface area contributed by atoms with E-state index in [4.69, 9.17) is 10.5 Å². The van der Waals surface area contributed by atoms with Crippen LogP contribution in [0.15, 0.2) is 24.3 Å². The van der Waals surface area contributed by atoms with E-state index in [2.05, 4.69) is 20.6 Å². The molecule has 8 nitrogen and oxygen atoms in total. The predicted molar refractivity (Wildman–Crippen MR) is 77.3 cm³/mol. The van der Waals surface area contributed by atoms with E-state index in [0.717, 1.165) is 0 Å². The summed E-state index contributed by atoms with van der Waals surface area (Å²) >= 11 is 0. The molecule has 1 aromatic heterocycles. The van der Waals surface area contributed by atoms with Gasteiger partial charge in [-0.1, -0.05) is 12.1 Å². The molecule has 2 rings (SSSR count). The number of amides is 2. The molecule has 22 heavy (non-hydrogen) atoms. The molecule has 0 saturated carbocycles. The van der Waals surface area contributed by atoms with Crippen molar-refractivity contribution in [2.24, 2.45) is 0 Å². The van der Waals surface area contributed by atoms with Crippen molar-refractivity contribution in [2.45, 2.75) is 12.8 Å². The van der Waals surface area contributed by atoms with Crippen molar-refractivity contribution < 1.29 is 9.59 Å². The fraction of sp³-hybridized carbons (Fsp3) is 0.143. The van der Waals surface area contributed by atoms with Crippen LogP contribution in [0.4, 0.5) is 11.6 Å². The van der Waals surface area contributed by atoms with Gasteiger partial charge in [0, 0.05) is 0 Å². The smallest absolute Gasteiger partial charge is 0.239 e. The first-order valence-corrected chi connectivity index (χ1v) is 6.24. The van der Waals surface area contributed by atoms with Gasteiger partial charge in [-0.2, -0.15) is 10.5 Å². The van der Waals surface area contributed by atoms with E-state index in [0.29, 0.717) is 11.0 Å². The van der Waals surface area contributed by atoms with E-state index in [1.807, 2.05) is 0 Å². The zero-order chi connectivity index (χ0) is 15.9. The third-order valence-electron chi connectivity index (χ3n) is 2.57. The summed E-state index contributed by atoms with van der Waals surface area (Å²) in [4.78, 5) is 31.5. The SMILES string of the molecule is N#CCC(=O)Nc1nc2ccccc2nc1NC(=O)CC#N. The first-order chi connectivity index (χ1) is 10.6. The highest BCUT2D eigenvalue weighted by molar-refractivity contribution is 5.99. The summed E-state index contributed by atoms with van der Waals surface area (Å²) in [5.74, 6) is -1.07. The van der Waals surface area contributed by atoms with Gasteiger partial charge in [0.1, 0.15) is 12.8 Å². The number of hydrogen-bond donors (Lipinski definition) is 2. The maximum atomic E-state index is 11.5. The number of rotatable bonds is 4. The molecular weight excluding hydrogens is 284 g/mol. The van der Waals surface area contributed by atoms with Crippen LogP contribution >= 0.6 is 0 Å². The van der Waals surface area contributed by atoms with Crippen LogP contribution in [0.25, 0.3) is 11.0 Å². The molecule has 0 aliphatic heterocycles. The molecule has 0 aliphatic rings. The normalized spacial score (nSPS) is 9.55. The second kappa shape index (κ2) is 6.77. The van der Waals surface area contributed by atoms with E-state index in [1.54, 1.807) is 36.4 Å². The number of para-hydroxylation sites is 2. The lowest BCUT2D eigenvalue weighted by atomic mass is 10.3. The summed E-state index contributed by atoms with van der Waals surface area (Å²) in [5.41, 5.74) is 1.04. The van der Waals surface area contributed by atoms with Crippen molar-refractivity contribution in [1.82, 2.24) is 9.97 Å². The van der Waals surface area contributed by atoms with Crippen molar-refractivity contribution in [1.29, 1.82) is 10.5 Å². The first kappa shape index (κ1) is 14.9. The van der Waals surface area contributed by atoms with Crippen LogP contribution in [0.2, 0.25) is 0 Å². The molecule has 8 heteroatoms. The van der Waals surface area contributed by atoms with Gasteiger partial charge in [-0.25, -0.2) is 9.97 Å². The van der Waals surface area contributed by atoms with Gasteiger partial charge in [0.2, 0.25) is 11.8 Å². The molecular formula is C14H10N6O2. The van der Waals surface area contributed by atoms with Crippen LogP contribution in [-0.4, -0.2) is 21.8 Å². The van der Waals surface area contributed by atoms with Crippen LogP contribution in [0, 0.1) is 22.7 Å². The summed E-state index contributed by atoms with van der Waals surface area (Å²) in [7, 11) is 0. The Morgan fingerprint density at radius 3 is 1.68 bits per heavy atom. The molecule has 0 radical (unpaired) electrons. The van der Waals surface area contributed by atoms with Crippen molar-refractivity contribution in [3.63, 3.8) is 0 Å². The summed E-state index contributed by atoms with van der Waals surface area (Å²) in [5, 5.41) is 21.9. The van der Waals surface area contributed by atoms with E-state index in [-0.39, 0.29) is 24.5 Å². The Hall–Kier alpha value is -3.52. The van der Waals surface area contributed by atoms with Gasteiger partial charge >= 0.3 is 0 Å². The van der Waals surface area contributed by atoms with Crippen LogP contribution in [0.5, 0.6) is 0 Å². The molecule has 0 bridgehead atoms. The molecule has 0 aliphatic carbocycles. The van der Waals surface area contributed by atoms with Crippen LogP contribution in [-0.2, 0) is 9.59 Å². The number of aromatic nitrogens is 2. The van der Waals surface area contributed by atoms with Gasteiger partial charge in [-0.3, -0.25) is 9.59 Å². The van der Waals surface area contributed by atoms with Crippen molar-refractivity contribution in [2.75, 3.05) is 10.6 Å². The zero-order valence-electron chi connectivity index (χ0n) is 11.3. The zero-order valence-corrected chi connectivity index (χ0v) is 11.3. The Morgan fingerprint density at radius 2 is 1.32 bits per heavy atom. The van der Waals surface area contributed by atoms with E-state index < -0.39 is 11.8 Å². The van der Waals surface area contributed by atoms with Gasteiger partial charge in [-0.05, 0) is 12.1 Å². The molecule has 1 aromatic carbocycles. The number of nitriles is 2. The largest absolute Gasteiger partial charge is 0.307 e. The summed E-state index contributed by atoms with van der Waals surface area (Å²) in [6.07, 6.45) is -0.694. The monoisotopic (exact) mass is 294 g/mol. The van der Waals surface area contributed by atoms with Gasteiger partial charge in [-0.15, -0.1) is 0 Å². The van der Waals surface area contributed by atoms with Crippen LogP contribution in [0.1, 0.15) is 12.8 Å². The number of fused-ring (bicyclic) bond motifs is 1. The molecule has 0 unspecified atom stereocenters. The Balaban J connectivity index is 2.41. The first-order valence-electron chi connectivity index (χ1n) is 6.24. The lowest BCUT2D eigenvalue weighted by Crippen LogP contribution is -2.18. The number of carbonyl (C=O) groups is 2. The topological polar surface area (TPSA) is 132 Å². The summed E-state index contributed by atoms with van der Waals surface area (Å²) in [6.45, 7) is 0. The number of anilines is 2. The third kappa shape index (κ3) is 3.52. The minimum Gasteiger partial charge on any atom is -0.307 e. The maximum Gasteiger partial charge on any atom is 0.239 e. The quantitative estimate of drug-likeness (QED) is 0.874. The average molecular weight is 294 g/mol. The van der Waals surface area contributed by atoms with Gasteiger partial charge in [0.25, 0.3) is 0 Å². The highest BCUT2D eigenvalue weighted by Gasteiger charge is 2.14. The Morgan fingerprint density at radius 1 is 0.909 bits per heavy atom. The molecule has 108 valence electrons. The van der Waals surface area contributed by atoms with Gasteiger partial charge < -0.3 is 10.6 Å². The predicted octanol–water partition coefficient (Wildman–Crippen LogP) is 1.33. The molecule has 2 amide bonds. The summed E-state index contributed by atoms with van der Waals surface area (Å²) < 4.78 is 0. The van der Waals surface area contributed by atoms with Crippen LogP contribution in [0.3, 0.4) is 0 Å². The van der Waals surface area contributed by atoms with E-state index in [1.165, 1.54) is 0 Å². The average Bonchev–Trinajstić information content (AvgIpc) is 2.48. The summed E-state index contributed by atoms with van der Waals surface area (Å²) in [6, 6.07) is 10.3. The fourth-order valence-electron chi connectivity index (χ4n) is 1.67. The van der Waals surface area contributed by atoms with E-state index in [9.17, 15) is 9.59 Å². The lowest BCUT2D eigenvalue weighted by molar-refractivity contribution is -0.116. The Kier molecular flexibility index (Phi) is 4.58. The lowest BCUT2D eigenvalue weighted by Gasteiger charge is -2.10. The minimum absolute atomic E-state index is 0.0326. The number of hydrogen-bond acceptors (Lipinski definition) is 6. The molecule has 0 spiro atoms. The second-order valence-corrected chi connectivity index (χ2v) is 4.18. The molecule has 0 atom stereocenters. The maximum absolute atomic E-state index is 11.5. The molecule has 1 heterocycles. The molecule has 2 aromatic rings. The number of benzene rings is 1. The molecule has 2 N–H and O–H groups in total. The number of nitrogens with zero attached hydrogens (tertiary/aromatic N) is 4. The van der Waals surface area contributed by atoms with Crippen molar-refractivity contribution in [3.8, 4) is 12.1 Å². The molecule has 0 fully saturated rings. The Labute approximate surface area is 125 Å². The fourth-order valence-corrected chi connectivity index (χ4v) is 1.67. The third-order valence-corrected chi connectivity index (χ3v) is 2.57.